The number of aryl methyl sites for hydroxylation is 1. The summed E-state index contributed by atoms with van der Waals surface area (Å²) in [5.41, 5.74) is 0.494. The average Bonchev–Trinajstić information content (AvgIpc) is 3.32. The average molecular weight is 375 g/mol. The van der Waals surface area contributed by atoms with Crippen LogP contribution in [0.4, 0.5) is 5.13 Å². The van der Waals surface area contributed by atoms with Gasteiger partial charge in [0.05, 0.1) is 11.7 Å². The maximum atomic E-state index is 12.6. The van der Waals surface area contributed by atoms with E-state index in [1.165, 1.54) is 24.2 Å². The number of nitrogens with one attached hydrogen (secondary N) is 1. The van der Waals surface area contributed by atoms with Crippen molar-refractivity contribution in [3.8, 4) is 5.75 Å². The lowest BCUT2D eigenvalue weighted by Crippen LogP contribution is -2.19. The zero-order valence-electron chi connectivity index (χ0n) is 15.1. The Balaban J connectivity index is 1.58. The molecule has 1 atom stereocenters. The molecule has 1 aliphatic heterocycles. The highest BCUT2D eigenvalue weighted by molar-refractivity contribution is 7.15. The smallest absolute Gasteiger partial charge is 0.261 e. The molecule has 1 fully saturated rings. The van der Waals surface area contributed by atoms with Crippen molar-refractivity contribution in [3.05, 3.63) is 34.8 Å². The number of hydrogen-bond donors (Lipinski definition) is 1. The fourth-order valence-electron chi connectivity index (χ4n) is 2.83. The molecule has 1 N–H and O–H groups in total. The van der Waals surface area contributed by atoms with E-state index in [0.717, 1.165) is 37.3 Å². The molecule has 0 spiro atoms. The first-order chi connectivity index (χ1) is 12.8. The molecule has 0 saturated carbocycles. The predicted molar refractivity (Wildman–Crippen MR) is 102 cm³/mol. The van der Waals surface area contributed by atoms with Gasteiger partial charge in [0.15, 0.2) is 0 Å². The fourth-order valence-corrected chi connectivity index (χ4v) is 3.61. The van der Waals surface area contributed by atoms with Crippen molar-refractivity contribution in [2.75, 3.05) is 18.5 Å². The van der Waals surface area contributed by atoms with Gasteiger partial charge in [0, 0.05) is 13.0 Å². The van der Waals surface area contributed by atoms with Gasteiger partial charge in [-0.25, -0.2) is 0 Å². The minimum atomic E-state index is -0.232. The monoisotopic (exact) mass is 375 g/mol. The third kappa shape index (κ3) is 5.25. The molecule has 1 aromatic heterocycles. The molecular formula is C19H25N3O3S. The van der Waals surface area contributed by atoms with Crippen LogP contribution >= 0.6 is 11.3 Å². The number of rotatable bonds is 9. The van der Waals surface area contributed by atoms with E-state index < -0.39 is 0 Å². The Bertz CT molecular complexity index is 714. The van der Waals surface area contributed by atoms with Crippen molar-refractivity contribution in [2.24, 2.45) is 0 Å². The summed E-state index contributed by atoms with van der Waals surface area (Å²) < 4.78 is 11.4. The van der Waals surface area contributed by atoms with Crippen LogP contribution in [0.1, 0.15) is 54.4 Å². The Morgan fingerprint density at radius 2 is 2.23 bits per heavy atom. The van der Waals surface area contributed by atoms with Crippen LogP contribution in [0.25, 0.3) is 0 Å². The number of amides is 1. The third-order valence-corrected chi connectivity index (χ3v) is 5.16. The van der Waals surface area contributed by atoms with E-state index in [0.29, 0.717) is 23.1 Å². The molecular weight excluding hydrogens is 350 g/mol. The maximum absolute atomic E-state index is 12.6. The van der Waals surface area contributed by atoms with Gasteiger partial charge in [0.25, 0.3) is 5.91 Å². The summed E-state index contributed by atoms with van der Waals surface area (Å²) in [6, 6.07) is 7.24. The van der Waals surface area contributed by atoms with Crippen LogP contribution in [0.2, 0.25) is 0 Å². The van der Waals surface area contributed by atoms with Gasteiger partial charge in [0.1, 0.15) is 17.4 Å². The lowest BCUT2D eigenvalue weighted by molar-refractivity contribution is 0.0673. The molecule has 7 heteroatoms. The number of para-hydroxylation sites is 1. The van der Waals surface area contributed by atoms with Crippen LogP contribution in [-0.4, -0.2) is 35.4 Å². The largest absolute Gasteiger partial charge is 0.490 e. The summed E-state index contributed by atoms with van der Waals surface area (Å²) in [5.74, 6) is 0.331. The van der Waals surface area contributed by atoms with Crippen molar-refractivity contribution in [3.63, 3.8) is 0 Å². The molecule has 1 amide bonds. The number of hydrogen-bond acceptors (Lipinski definition) is 6. The van der Waals surface area contributed by atoms with Crippen molar-refractivity contribution in [1.29, 1.82) is 0 Å². The van der Waals surface area contributed by atoms with Crippen molar-refractivity contribution in [2.45, 2.75) is 51.6 Å². The molecule has 2 heterocycles. The molecule has 2 aromatic rings. The number of carbonyl (C=O) groups is 1. The number of carbonyl (C=O) groups excluding carboxylic acids is 1. The molecule has 26 heavy (non-hydrogen) atoms. The second-order valence-corrected chi connectivity index (χ2v) is 7.42. The summed E-state index contributed by atoms with van der Waals surface area (Å²) >= 11 is 1.43. The van der Waals surface area contributed by atoms with Crippen LogP contribution in [0, 0.1) is 0 Å². The van der Waals surface area contributed by atoms with Crippen LogP contribution in [-0.2, 0) is 11.2 Å². The predicted octanol–water partition coefficient (Wildman–Crippen LogP) is 4.08. The van der Waals surface area contributed by atoms with Crippen LogP contribution in [0.5, 0.6) is 5.75 Å². The summed E-state index contributed by atoms with van der Waals surface area (Å²) in [4.78, 5) is 12.6. The quantitative estimate of drug-likeness (QED) is 0.669. The SMILES string of the molecule is CCCCCc1nnc(NC(=O)c2ccccc2OCC2CCCO2)s1. The van der Waals surface area contributed by atoms with Gasteiger partial charge in [0.2, 0.25) is 5.13 Å². The van der Waals surface area contributed by atoms with Gasteiger partial charge >= 0.3 is 0 Å². The molecule has 1 aliphatic rings. The van der Waals surface area contributed by atoms with Gasteiger partial charge in [-0.15, -0.1) is 10.2 Å². The maximum Gasteiger partial charge on any atom is 0.261 e. The van der Waals surface area contributed by atoms with Crippen LogP contribution < -0.4 is 10.1 Å². The Labute approximate surface area is 157 Å². The highest BCUT2D eigenvalue weighted by atomic mass is 32.1. The molecule has 0 aliphatic carbocycles. The molecule has 1 unspecified atom stereocenters. The minimum Gasteiger partial charge on any atom is -0.490 e. The normalized spacial score (nSPS) is 16.6. The highest BCUT2D eigenvalue weighted by Crippen LogP contribution is 2.23. The van der Waals surface area contributed by atoms with Gasteiger partial charge < -0.3 is 9.47 Å². The Hall–Kier alpha value is -1.99. The number of benzene rings is 1. The molecule has 3 rings (SSSR count). The first-order valence-corrected chi connectivity index (χ1v) is 10.0. The van der Waals surface area contributed by atoms with Crippen molar-refractivity contribution >= 4 is 22.4 Å². The first-order valence-electron chi connectivity index (χ1n) is 9.23. The van der Waals surface area contributed by atoms with E-state index in [-0.39, 0.29) is 12.0 Å². The van der Waals surface area contributed by atoms with Crippen molar-refractivity contribution in [1.82, 2.24) is 10.2 Å². The van der Waals surface area contributed by atoms with Gasteiger partial charge in [-0.2, -0.15) is 0 Å². The molecule has 0 radical (unpaired) electrons. The third-order valence-electron chi connectivity index (χ3n) is 4.26. The zero-order valence-corrected chi connectivity index (χ0v) is 15.9. The van der Waals surface area contributed by atoms with E-state index in [4.69, 9.17) is 9.47 Å². The highest BCUT2D eigenvalue weighted by Gasteiger charge is 2.19. The zero-order chi connectivity index (χ0) is 18.2. The first kappa shape index (κ1) is 18.8. The minimum absolute atomic E-state index is 0.111. The standard InChI is InChI=1S/C19H25N3O3S/c1-2-3-4-11-17-21-22-19(26-17)20-18(23)15-9-5-6-10-16(15)25-13-14-8-7-12-24-14/h5-6,9-10,14H,2-4,7-8,11-13H2,1H3,(H,20,22,23). The lowest BCUT2D eigenvalue weighted by atomic mass is 10.2. The topological polar surface area (TPSA) is 73.3 Å². The molecule has 140 valence electrons. The van der Waals surface area contributed by atoms with Gasteiger partial charge in [-0.3, -0.25) is 10.1 Å². The Morgan fingerprint density at radius 1 is 1.35 bits per heavy atom. The number of aromatic nitrogens is 2. The lowest BCUT2D eigenvalue weighted by Gasteiger charge is -2.14. The number of anilines is 1. The molecule has 6 nitrogen and oxygen atoms in total. The second-order valence-electron chi connectivity index (χ2n) is 6.35. The number of ether oxygens (including phenoxy) is 2. The van der Waals surface area contributed by atoms with Gasteiger partial charge in [-0.05, 0) is 31.4 Å². The van der Waals surface area contributed by atoms with E-state index in [9.17, 15) is 4.79 Å². The fraction of sp³-hybridized carbons (Fsp3) is 0.526. The Morgan fingerprint density at radius 3 is 3.04 bits per heavy atom. The van der Waals surface area contributed by atoms with E-state index in [2.05, 4.69) is 22.4 Å². The van der Waals surface area contributed by atoms with Gasteiger partial charge in [-0.1, -0.05) is 43.2 Å². The summed E-state index contributed by atoms with van der Waals surface area (Å²) in [6.45, 7) is 3.42. The molecule has 0 bridgehead atoms. The number of unbranched alkanes of at least 4 members (excludes halogenated alkanes) is 2. The second kappa shape index (κ2) is 9.64. The summed E-state index contributed by atoms with van der Waals surface area (Å²) in [7, 11) is 0. The molecule has 1 saturated heterocycles. The molecule has 1 aromatic carbocycles. The van der Waals surface area contributed by atoms with Crippen LogP contribution in [0.15, 0.2) is 24.3 Å². The van der Waals surface area contributed by atoms with E-state index in [1.807, 2.05) is 12.1 Å². The van der Waals surface area contributed by atoms with Crippen molar-refractivity contribution < 1.29 is 14.3 Å². The van der Waals surface area contributed by atoms with E-state index >= 15 is 0 Å². The van der Waals surface area contributed by atoms with E-state index in [1.54, 1.807) is 12.1 Å². The summed E-state index contributed by atoms with van der Waals surface area (Å²) in [6.07, 6.45) is 6.52. The van der Waals surface area contributed by atoms with Crippen LogP contribution in [0.3, 0.4) is 0 Å². The summed E-state index contributed by atoms with van der Waals surface area (Å²) in [5, 5.41) is 12.5. The Kier molecular flexibility index (Phi) is 6.96. The number of nitrogens with zero attached hydrogens (tertiary/aromatic N) is 2.